The highest BCUT2D eigenvalue weighted by Gasteiger charge is 2.14. The van der Waals surface area contributed by atoms with E-state index in [4.69, 9.17) is 4.42 Å². The van der Waals surface area contributed by atoms with Crippen LogP contribution in [0.4, 0.5) is 0 Å². The number of nitrogens with one attached hydrogen (secondary N) is 1. The van der Waals surface area contributed by atoms with Gasteiger partial charge in [-0.05, 0) is 47.5 Å². The standard InChI is InChI=1S/C20H23NO2S/c1-13(2)17-10-18-15(9-20(22)23-19(18)8-14(17)3)11-21(4)12-16-6-5-7-24-16/h5-10,13H,11-12H2,1-4H3/p+1. The Bertz CT molecular complexity index is 894. The van der Waals surface area contributed by atoms with Gasteiger partial charge in [-0.15, -0.1) is 11.3 Å². The van der Waals surface area contributed by atoms with Gasteiger partial charge in [0.2, 0.25) is 0 Å². The number of rotatable bonds is 5. The fourth-order valence-corrected chi connectivity index (χ4v) is 4.08. The van der Waals surface area contributed by atoms with Crippen LogP contribution in [0.2, 0.25) is 0 Å². The molecule has 1 unspecified atom stereocenters. The summed E-state index contributed by atoms with van der Waals surface area (Å²) in [7, 11) is 2.16. The average molecular weight is 342 g/mol. The first-order valence-corrected chi connectivity index (χ1v) is 9.23. The highest BCUT2D eigenvalue weighted by molar-refractivity contribution is 7.09. The van der Waals surface area contributed by atoms with Crippen molar-refractivity contribution in [3.63, 3.8) is 0 Å². The minimum absolute atomic E-state index is 0.266. The average Bonchev–Trinajstić information content (AvgIpc) is 2.98. The van der Waals surface area contributed by atoms with Gasteiger partial charge in [0.15, 0.2) is 0 Å². The van der Waals surface area contributed by atoms with E-state index in [1.54, 1.807) is 17.4 Å². The Morgan fingerprint density at radius 3 is 2.67 bits per heavy atom. The molecule has 4 heteroatoms. The van der Waals surface area contributed by atoms with Gasteiger partial charge in [0, 0.05) is 17.0 Å². The van der Waals surface area contributed by atoms with Gasteiger partial charge in [0.1, 0.15) is 18.7 Å². The second kappa shape index (κ2) is 6.91. The van der Waals surface area contributed by atoms with E-state index in [2.05, 4.69) is 51.4 Å². The van der Waals surface area contributed by atoms with Crippen LogP contribution in [-0.4, -0.2) is 7.05 Å². The second-order valence-electron chi connectivity index (χ2n) is 6.84. The van der Waals surface area contributed by atoms with Crippen molar-refractivity contribution in [3.05, 3.63) is 67.7 Å². The van der Waals surface area contributed by atoms with Crippen molar-refractivity contribution < 1.29 is 9.32 Å². The quantitative estimate of drug-likeness (QED) is 0.720. The van der Waals surface area contributed by atoms with E-state index in [1.165, 1.54) is 20.9 Å². The molecule has 0 aliphatic rings. The van der Waals surface area contributed by atoms with Crippen LogP contribution in [0.3, 0.4) is 0 Å². The predicted octanol–water partition coefficient (Wildman–Crippen LogP) is 3.50. The highest BCUT2D eigenvalue weighted by atomic mass is 32.1. The first kappa shape index (κ1) is 16.9. The van der Waals surface area contributed by atoms with Gasteiger partial charge in [-0.3, -0.25) is 0 Å². The Morgan fingerprint density at radius 2 is 2.00 bits per heavy atom. The fraction of sp³-hybridized carbons (Fsp3) is 0.350. The molecule has 0 aliphatic carbocycles. The van der Waals surface area contributed by atoms with Crippen LogP contribution in [-0.2, 0) is 13.1 Å². The fourth-order valence-electron chi connectivity index (χ4n) is 3.26. The molecule has 1 atom stereocenters. The molecule has 1 aromatic carbocycles. The lowest BCUT2D eigenvalue weighted by atomic mass is 9.95. The van der Waals surface area contributed by atoms with Gasteiger partial charge >= 0.3 is 5.63 Å². The van der Waals surface area contributed by atoms with Gasteiger partial charge in [-0.1, -0.05) is 19.9 Å². The summed E-state index contributed by atoms with van der Waals surface area (Å²) in [6.45, 7) is 8.24. The van der Waals surface area contributed by atoms with Crippen molar-refractivity contribution in [1.82, 2.24) is 0 Å². The third-order valence-corrected chi connectivity index (χ3v) is 5.26. The van der Waals surface area contributed by atoms with Crippen LogP contribution < -0.4 is 10.5 Å². The van der Waals surface area contributed by atoms with E-state index in [1.807, 2.05) is 6.07 Å². The maximum absolute atomic E-state index is 12.0. The number of quaternary nitrogens is 1. The van der Waals surface area contributed by atoms with Crippen molar-refractivity contribution >= 4 is 22.3 Å². The normalized spacial score (nSPS) is 12.9. The number of benzene rings is 1. The molecule has 0 saturated carbocycles. The lowest BCUT2D eigenvalue weighted by molar-refractivity contribution is -0.907. The molecular formula is C20H24NO2S+. The first-order valence-electron chi connectivity index (χ1n) is 8.35. The van der Waals surface area contributed by atoms with Crippen LogP contribution >= 0.6 is 11.3 Å². The minimum atomic E-state index is -0.266. The van der Waals surface area contributed by atoms with Crippen molar-refractivity contribution in [2.45, 2.75) is 39.8 Å². The predicted molar refractivity (Wildman–Crippen MR) is 99.9 cm³/mol. The van der Waals surface area contributed by atoms with E-state index in [0.29, 0.717) is 11.5 Å². The number of hydrogen-bond donors (Lipinski definition) is 1. The van der Waals surface area contributed by atoms with Crippen LogP contribution in [0, 0.1) is 6.92 Å². The molecule has 0 radical (unpaired) electrons. The van der Waals surface area contributed by atoms with Crippen molar-refractivity contribution in [1.29, 1.82) is 0 Å². The van der Waals surface area contributed by atoms with E-state index in [9.17, 15) is 4.79 Å². The maximum atomic E-state index is 12.0. The molecule has 3 rings (SSSR count). The molecule has 0 aliphatic heterocycles. The largest absolute Gasteiger partial charge is 0.423 e. The second-order valence-corrected chi connectivity index (χ2v) is 7.87. The van der Waals surface area contributed by atoms with Gasteiger partial charge in [-0.2, -0.15) is 0 Å². The summed E-state index contributed by atoms with van der Waals surface area (Å²) < 4.78 is 5.44. The Balaban J connectivity index is 1.99. The molecule has 0 amide bonds. The van der Waals surface area contributed by atoms with E-state index in [-0.39, 0.29) is 5.63 Å². The van der Waals surface area contributed by atoms with Gasteiger partial charge in [0.25, 0.3) is 0 Å². The number of aryl methyl sites for hydroxylation is 1. The van der Waals surface area contributed by atoms with E-state index < -0.39 is 0 Å². The van der Waals surface area contributed by atoms with Gasteiger partial charge in [-0.25, -0.2) is 4.79 Å². The van der Waals surface area contributed by atoms with Gasteiger partial charge < -0.3 is 9.32 Å². The van der Waals surface area contributed by atoms with Crippen LogP contribution in [0.25, 0.3) is 11.0 Å². The molecule has 3 nitrogen and oxygen atoms in total. The summed E-state index contributed by atoms with van der Waals surface area (Å²) in [5.74, 6) is 0.449. The summed E-state index contributed by atoms with van der Waals surface area (Å²) in [6.07, 6.45) is 0. The van der Waals surface area contributed by atoms with Crippen LogP contribution in [0.1, 0.15) is 41.3 Å². The molecular weight excluding hydrogens is 318 g/mol. The molecule has 126 valence electrons. The Morgan fingerprint density at radius 1 is 1.21 bits per heavy atom. The number of hydrogen-bond acceptors (Lipinski definition) is 3. The van der Waals surface area contributed by atoms with Crippen LogP contribution in [0.5, 0.6) is 0 Å². The molecule has 24 heavy (non-hydrogen) atoms. The minimum Gasteiger partial charge on any atom is -0.423 e. The third kappa shape index (κ3) is 3.60. The first-order chi connectivity index (χ1) is 11.4. The summed E-state index contributed by atoms with van der Waals surface area (Å²) in [6, 6.07) is 10.1. The molecule has 0 spiro atoms. The van der Waals surface area contributed by atoms with Gasteiger partial charge in [0.05, 0.1) is 11.9 Å². The Labute approximate surface area is 146 Å². The highest BCUT2D eigenvalue weighted by Crippen LogP contribution is 2.26. The summed E-state index contributed by atoms with van der Waals surface area (Å²) in [5.41, 5.74) is 3.99. The van der Waals surface area contributed by atoms with E-state index in [0.717, 1.165) is 24.0 Å². The Kier molecular flexibility index (Phi) is 4.88. The summed E-state index contributed by atoms with van der Waals surface area (Å²) in [5, 5.41) is 3.17. The molecule has 2 heterocycles. The molecule has 0 bridgehead atoms. The Hall–Kier alpha value is -1.91. The lowest BCUT2D eigenvalue weighted by Crippen LogP contribution is -3.06. The van der Waals surface area contributed by atoms with E-state index >= 15 is 0 Å². The van der Waals surface area contributed by atoms with Crippen molar-refractivity contribution in [2.75, 3.05) is 7.05 Å². The molecule has 2 aromatic heterocycles. The molecule has 3 aromatic rings. The lowest BCUT2D eigenvalue weighted by Gasteiger charge is -2.16. The number of fused-ring (bicyclic) bond motifs is 1. The maximum Gasteiger partial charge on any atom is 0.336 e. The van der Waals surface area contributed by atoms with Crippen molar-refractivity contribution in [2.24, 2.45) is 0 Å². The topological polar surface area (TPSA) is 34.6 Å². The molecule has 1 N–H and O–H groups in total. The smallest absolute Gasteiger partial charge is 0.336 e. The zero-order chi connectivity index (χ0) is 17.3. The summed E-state index contributed by atoms with van der Waals surface area (Å²) in [4.78, 5) is 14.7. The molecule has 0 saturated heterocycles. The van der Waals surface area contributed by atoms with Crippen molar-refractivity contribution in [3.8, 4) is 0 Å². The summed E-state index contributed by atoms with van der Waals surface area (Å²) >= 11 is 1.78. The zero-order valence-corrected chi connectivity index (χ0v) is 15.5. The zero-order valence-electron chi connectivity index (χ0n) is 14.7. The van der Waals surface area contributed by atoms with Crippen LogP contribution in [0.15, 0.2) is 44.9 Å². The monoisotopic (exact) mass is 342 g/mol. The number of thiophene rings is 1. The molecule has 0 fully saturated rings. The SMILES string of the molecule is Cc1cc2oc(=O)cc(C[NH+](C)Cc3cccs3)c2cc1C(C)C. The third-order valence-electron chi connectivity index (χ3n) is 4.39.